The molecule has 1 heterocycles. The Balaban J connectivity index is 1.80. The fourth-order valence-corrected chi connectivity index (χ4v) is 1.93. The molecule has 17 heavy (non-hydrogen) atoms. The first kappa shape index (κ1) is 12.4. The van der Waals surface area contributed by atoms with Crippen LogP contribution in [0.5, 0.6) is 0 Å². The molecule has 5 heteroatoms. The molecule has 1 aliphatic carbocycles. The molecule has 1 aromatic rings. The molecule has 0 aromatic carbocycles. The minimum Gasteiger partial charge on any atom is -0.407 e. The zero-order valence-corrected chi connectivity index (χ0v) is 10.9. The van der Waals surface area contributed by atoms with Crippen molar-refractivity contribution in [3.63, 3.8) is 0 Å². The van der Waals surface area contributed by atoms with Crippen LogP contribution in [0.3, 0.4) is 0 Å². The van der Waals surface area contributed by atoms with Crippen molar-refractivity contribution in [3.8, 4) is 0 Å². The molecule has 1 saturated carbocycles. The molecular weight excluding hydrogens is 216 g/mol. The Labute approximate surface area is 102 Å². The fourth-order valence-electron chi connectivity index (χ4n) is 1.93. The molecule has 1 aromatic heterocycles. The quantitative estimate of drug-likeness (QED) is 0.795. The van der Waals surface area contributed by atoms with Crippen LogP contribution in [0.1, 0.15) is 45.9 Å². The molecule has 0 bridgehead atoms. The van der Waals surface area contributed by atoms with Gasteiger partial charge >= 0.3 is 6.01 Å². The van der Waals surface area contributed by atoms with E-state index >= 15 is 0 Å². The van der Waals surface area contributed by atoms with Gasteiger partial charge in [0.15, 0.2) is 0 Å². The Kier molecular flexibility index (Phi) is 3.99. The van der Waals surface area contributed by atoms with Crippen LogP contribution in [0, 0.1) is 5.92 Å². The van der Waals surface area contributed by atoms with E-state index in [9.17, 15) is 0 Å². The average molecular weight is 238 g/mol. The molecular formula is C12H22N4O. The summed E-state index contributed by atoms with van der Waals surface area (Å²) in [6.45, 7) is 6.99. The highest BCUT2D eigenvalue weighted by Crippen LogP contribution is 2.30. The molecule has 0 radical (unpaired) electrons. The minimum absolute atomic E-state index is 0.423. The zero-order chi connectivity index (χ0) is 12.3. The van der Waals surface area contributed by atoms with Gasteiger partial charge in [-0.15, -0.1) is 5.10 Å². The van der Waals surface area contributed by atoms with E-state index in [1.165, 1.54) is 19.3 Å². The molecule has 0 aliphatic heterocycles. The Bertz CT molecular complexity index is 346. The molecule has 0 saturated heterocycles. The predicted molar refractivity (Wildman–Crippen MR) is 66.7 cm³/mol. The lowest BCUT2D eigenvalue weighted by Crippen LogP contribution is -2.30. The first-order chi connectivity index (χ1) is 8.15. The van der Waals surface area contributed by atoms with Crippen LogP contribution < -0.4 is 10.6 Å². The summed E-state index contributed by atoms with van der Waals surface area (Å²) in [7, 11) is 0. The Morgan fingerprint density at radius 3 is 2.65 bits per heavy atom. The maximum Gasteiger partial charge on any atom is 0.315 e. The summed E-state index contributed by atoms with van der Waals surface area (Å²) in [5, 5.41) is 14.5. The average Bonchev–Trinajstić information content (AvgIpc) is 2.59. The summed E-state index contributed by atoms with van der Waals surface area (Å²) in [5.41, 5.74) is 0. The van der Waals surface area contributed by atoms with Gasteiger partial charge in [-0.3, -0.25) is 0 Å². The van der Waals surface area contributed by atoms with Crippen molar-refractivity contribution >= 4 is 6.01 Å². The van der Waals surface area contributed by atoms with Gasteiger partial charge in [0.25, 0.3) is 0 Å². The van der Waals surface area contributed by atoms with Crippen molar-refractivity contribution in [2.75, 3.05) is 5.32 Å². The van der Waals surface area contributed by atoms with Gasteiger partial charge in [0.05, 0.1) is 6.54 Å². The first-order valence-electron chi connectivity index (χ1n) is 6.47. The number of aromatic nitrogens is 2. The van der Waals surface area contributed by atoms with E-state index in [0.717, 1.165) is 5.92 Å². The van der Waals surface area contributed by atoms with Crippen LogP contribution in [-0.4, -0.2) is 22.3 Å². The lowest BCUT2D eigenvalue weighted by molar-refractivity contribution is 0.281. The lowest BCUT2D eigenvalue weighted by Gasteiger charge is -2.31. The molecule has 2 rings (SSSR count). The van der Waals surface area contributed by atoms with Gasteiger partial charge < -0.3 is 15.1 Å². The monoisotopic (exact) mass is 238 g/mol. The summed E-state index contributed by atoms with van der Waals surface area (Å²) in [6.07, 6.45) is 3.97. The van der Waals surface area contributed by atoms with Crippen molar-refractivity contribution in [1.82, 2.24) is 15.5 Å². The Morgan fingerprint density at radius 2 is 2.06 bits per heavy atom. The molecule has 0 amide bonds. The van der Waals surface area contributed by atoms with Crippen LogP contribution in [0.15, 0.2) is 4.42 Å². The van der Waals surface area contributed by atoms with Crippen molar-refractivity contribution in [2.24, 2.45) is 5.92 Å². The van der Waals surface area contributed by atoms with Crippen molar-refractivity contribution in [3.05, 3.63) is 5.89 Å². The van der Waals surface area contributed by atoms with Crippen molar-refractivity contribution in [1.29, 1.82) is 0 Å². The van der Waals surface area contributed by atoms with E-state index in [2.05, 4.69) is 41.6 Å². The van der Waals surface area contributed by atoms with Gasteiger partial charge in [-0.2, -0.15) is 0 Å². The molecule has 0 spiro atoms. The summed E-state index contributed by atoms with van der Waals surface area (Å²) in [4.78, 5) is 0. The number of nitrogens with one attached hydrogen (secondary N) is 2. The molecule has 1 fully saturated rings. The van der Waals surface area contributed by atoms with Gasteiger partial charge in [-0.05, 0) is 25.7 Å². The second-order valence-corrected chi connectivity index (χ2v) is 5.16. The van der Waals surface area contributed by atoms with Crippen LogP contribution in [0.25, 0.3) is 0 Å². The third kappa shape index (κ3) is 3.43. The first-order valence-corrected chi connectivity index (χ1v) is 6.47. The highest BCUT2D eigenvalue weighted by atomic mass is 16.4. The third-order valence-electron chi connectivity index (χ3n) is 3.34. The second kappa shape index (κ2) is 5.49. The lowest BCUT2D eigenvalue weighted by atomic mass is 9.80. The Hall–Kier alpha value is -1.10. The molecule has 1 unspecified atom stereocenters. The van der Waals surface area contributed by atoms with Crippen molar-refractivity contribution in [2.45, 2.75) is 58.7 Å². The number of rotatable bonds is 6. The zero-order valence-electron chi connectivity index (χ0n) is 10.9. The highest BCUT2D eigenvalue weighted by Gasteiger charge is 2.24. The smallest absolute Gasteiger partial charge is 0.315 e. The normalized spacial score (nSPS) is 18.1. The number of nitrogens with zero attached hydrogens (tertiary/aromatic N) is 2. The summed E-state index contributed by atoms with van der Waals surface area (Å²) >= 11 is 0. The number of hydrogen-bond acceptors (Lipinski definition) is 5. The second-order valence-electron chi connectivity index (χ2n) is 5.16. The number of hydrogen-bond donors (Lipinski definition) is 2. The van der Waals surface area contributed by atoms with E-state index in [-0.39, 0.29) is 0 Å². The van der Waals surface area contributed by atoms with E-state index < -0.39 is 0 Å². The van der Waals surface area contributed by atoms with Crippen LogP contribution in [0.4, 0.5) is 6.01 Å². The highest BCUT2D eigenvalue weighted by molar-refractivity contribution is 5.19. The van der Waals surface area contributed by atoms with Gasteiger partial charge in [-0.1, -0.05) is 25.4 Å². The number of anilines is 1. The van der Waals surface area contributed by atoms with Gasteiger partial charge in [0.2, 0.25) is 5.89 Å². The van der Waals surface area contributed by atoms with Gasteiger partial charge in [0, 0.05) is 12.1 Å². The van der Waals surface area contributed by atoms with E-state index in [4.69, 9.17) is 4.42 Å². The summed E-state index contributed by atoms with van der Waals surface area (Å²) in [6, 6.07) is 1.40. The molecule has 5 nitrogen and oxygen atoms in total. The predicted octanol–water partition coefficient (Wildman–Crippen LogP) is 2.17. The molecule has 2 N–H and O–H groups in total. The van der Waals surface area contributed by atoms with Crippen LogP contribution in [0.2, 0.25) is 0 Å². The molecule has 1 aliphatic rings. The van der Waals surface area contributed by atoms with E-state index in [1.807, 2.05) is 0 Å². The minimum atomic E-state index is 0.423. The van der Waals surface area contributed by atoms with E-state index in [1.54, 1.807) is 0 Å². The summed E-state index contributed by atoms with van der Waals surface area (Å²) < 4.78 is 5.53. The van der Waals surface area contributed by atoms with Gasteiger partial charge in [-0.25, -0.2) is 0 Å². The van der Waals surface area contributed by atoms with Crippen LogP contribution in [-0.2, 0) is 6.54 Å². The van der Waals surface area contributed by atoms with E-state index in [0.29, 0.717) is 30.5 Å². The van der Waals surface area contributed by atoms with Gasteiger partial charge in [0.1, 0.15) is 0 Å². The molecule has 96 valence electrons. The topological polar surface area (TPSA) is 63.0 Å². The summed E-state index contributed by atoms with van der Waals surface area (Å²) in [5.74, 6) is 1.40. The standard InChI is InChI=1S/C12H22N4O/c1-8(2)13-7-11-15-16-12(17-11)14-9(3)10-5-4-6-10/h8-10,13H,4-7H2,1-3H3,(H,14,16). The maximum absolute atomic E-state index is 5.53. The molecule has 1 atom stereocenters. The SMILES string of the molecule is CC(C)NCc1nnc(NC(C)C2CCC2)o1. The third-order valence-corrected chi connectivity index (χ3v) is 3.34. The largest absolute Gasteiger partial charge is 0.407 e. The Morgan fingerprint density at radius 1 is 1.29 bits per heavy atom. The maximum atomic E-state index is 5.53. The van der Waals surface area contributed by atoms with Crippen LogP contribution >= 0.6 is 0 Å². The van der Waals surface area contributed by atoms with Crippen molar-refractivity contribution < 1.29 is 4.42 Å². The fraction of sp³-hybridized carbons (Fsp3) is 0.833.